The van der Waals surface area contributed by atoms with E-state index in [-0.39, 0.29) is 0 Å². The lowest BCUT2D eigenvalue weighted by molar-refractivity contribution is 0.840. The van der Waals surface area contributed by atoms with Gasteiger partial charge in [0.05, 0.1) is 11.4 Å². The SMILES string of the molecule is CC1=NCN(c2ccc(Nc3nccc(-c4cccc(Br)c4)n3)cc2)N1. The summed E-state index contributed by atoms with van der Waals surface area (Å²) in [6.07, 6.45) is 1.76. The molecule has 0 saturated carbocycles. The minimum absolute atomic E-state index is 0.564. The van der Waals surface area contributed by atoms with Gasteiger partial charge in [-0.15, -0.1) is 0 Å². The van der Waals surface area contributed by atoms with Gasteiger partial charge >= 0.3 is 0 Å². The second kappa shape index (κ2) is 7.13. The number of hydrogen-bond donors (Lipinski definition) is 2. The Kier molecular flexibility index (Phi) is 4.53. The maximum atomic E-state index is 4.61. The topological polar surface area (TPSA) is 65.4 Å². The molecule has 130 valence electrons. The van der Waals surface area contributed by atoms with Crippen molar-refractivity contribution in [3.63, 3.8) is 0 Å². The molecule has 3 aromatic rings. The van der Waals surface area contributed by atoms with Gasteiger partial charge in [0.2, 0.25) is 5.95 Å². The maximum Gasteiger partial charge on any atom is 0.227 e. The summed E-state index contributed by atoms with van der Waals surface area (Å²) < 4.78 is 1.02. The molecule has 0 atom stereocenters. The minimum atomic E-state index is 0.564. The molecule has 2 N–H and O–H groups in total. The van der Waals surface area contributed by atoms with Crippen LogP contribution in [-0.2, 0) is 0 Å². The molecular formula is C19H17BrN6. The van der Waals surface area contributed by atoms with E-state index in [9.17, 15) is 0 Å². The normalized spacial score (nSPS) is 13.3. The summed E-state index contributed by atoms with van der Waals surface area (Å²) >= 11 is 3.49. The fourth-order valence-electron chi connectivity index (χ4n) is 2.67. The molecule has 0 unspecified atom stereocenters. The van der Waals surface area contributed by atoms with Gasteiger partial charge in [0.15, 0.2) is 0 Å². The Labute approximate surface area is 160 Å². The van der Waals surface area contributed by atoms with Crippen LogP contribution in [-0.4, -0.2) is 22.5 Å². The zero-order valence-corrected chi connectivity index (χ0v) is 15.7. The first-order valence-corrected chi connectivity index (χ1v) is 8.98. The molecule has 4 rings (SSSR count). The highest BCUT2D eigenvalue weighted by atomic mass is 79.9. The highest BCUT2D eigenvalue weighted by Gasteiger charge is 2.11. The third kappa shape index (κ3) is 3.67. The smallest absolute Gasteiger partial charge is 0.227 e. The lowest BCUT2D eigenvalue weighted by Crippen LogP contribution is -2.34. The molecule has 0 saturated heterocycles. The predicted molar refractivity (Wildman–Crippen MR) is 108 cm³/mol. The Bertz CT molecular complexity index is 954. The van der Waals surface area contributed by atoms with Crippen molar-refractivity contribution in [1.29, 1.82) is 0 Å². The van der Waals surface area contributed by atoms with Crippen LogP contribution in [0.2, 0.25) is 0 Å². The van der Waals surface area contributed by atoms with Crippen LogP contribution in [0.1, 0.15) is 6.92 Å². The first kappa shape index (κ1) is 16.5. The standard InChI is InChI=1S/C19H17BrN6/c1-13-22-12-26(25-13)17-7-5-16(6-8-17)23-19-21-10-9-18(24-19)14-3-2-4-15(20)11-14/h2-11H,12H2,1H3,(H,22,25)(H,21,23,24). The van der Waals surface area contributed by atoms with Crippen LogP contribution in [0.3, 0.4) is 0 Å². The maximum absolute atomic E-state index is 4.61. The van der Waals surface area contributed by atoms with Crippen molar-refractivity contribution in [3.8, 4) is 11.3 Å². The molecule has 0 spiro atoms. The zero-order chi connectivity index (χ0) is 17.9. The number of aliphatic imine (C=N–C) groups is 1. The van der Waals surface area contributed by atoms with Crippen molar-refractivity contribution < 1.29 is 0 Å². The molecule has 0 bridgehead atoms. The molecule has 0 radical (unpaired) electrons. The van der Waals surface area contributed by atoms with Gasteiger partial charge in [-0.2, -0.15) is 0 Å². The first-order chi connectivity index (χ1) is 12.7. The van der Waals surface area contributed by atoms with Crippen molar-refractivity contribution in [2.75, 3.05) is 17.0 Å². The van der Waals surface area contributed by atoms with E-state index < -0.39 is 0 Å². The monoisotopic (exact) mass is 408 g/mol. The van der Waals surface area contributed by atoms with Crippen LogP contribution in [0, 0.1) is 0 Å². The third-order valence-electron chi connectivity index (χ3n) is 3.96. The molecule has 1 aliphatic heterocycles. The van der Waals surface area contributed by atoms with Crippen molar-refractivity contribution in [3.05, 3.63) is 65.3 Å². The van der Waals surface area contributed by atoms with Gasteiger partial charge < -0.3 is 5.32 Å². The lowest BCUT2D eigenvalue weighted by Gasteiger charge is -2.18. The van der Waals surface area contributed by atoms with Crippen LogP contribution >= 0.6 is 15.9 Å². The fourth-order valence-corrected chi connectivity index (χ4v) is 3.07. The largest absolute Gasteiger partial charge is 0.324 e. The molecule has 0 amide bonds. The summed E-state index contributed by atoms with van der Waals surface area (Å²) in [5.41, 5.74) is 7.09. The Hall–Kier alpha value is -2.93. The number of hydrogen-bond acceptors (Lipinski definition) is 6. The number of anilines is 3. The molecule has 26 heavy (non-hydrogen) atoms. The zero-order valence-electron chi connectivity index (χ0n) is 14.1. The van der Waals surface area contributed by atoms with Gasteiger partial charge in [-0.3, -0.25) is 10.4 Å². The van der Waals surface area contributed by atoms with Crippen molar-refractivity contribution in [1.82, 2.24) is 15.4 Å². The molecule has 2 aromatic carbocycles. The van der Waals surface area contributed by atoms with Crippen LogP contribution in [0.4, 0.5) is 17.3 Å². The highest BCUT2D eigenvalue weighted by molar-refractivity contribution is 9.10. The van der Waals surface area contributed by atoms with Gasteiger partial charge in [-0.1, -0.05) is 28.1 Å². The summed E-state index contributed by atoms with van der Waals surface area (Å²) in [6.45, 7) is 2.57. The summed E-state index contributed by atoms with van der Waals surface area (Å²) in [6, 6.07) is 18.0. The number of aromatic nitrogens is 2. The quantitative estimate of drug-likeness (QED) is 0.671. The first-order valence-electron chi connectivity index (χ1n) is 8.19. The average molecular weight is 409 g/mol. The second-order valence-electron chi connectivity index (χ2n) is 5.87. The lowest BCUT2D eigenvalue weighted by atomic mass is 10.1. The van der Waals surface area contributed by atoms with E-state index in [4.69, 9.17) is 0 Å². The Balaban J connectivity index is 1.50. The van der Waals surface area contributed by atoms with E-state index >= 15 is 0 Å². The summed E-state index contributed by atoms with van der Waals surface area (Å²) in [5, 5.41) is 5.24. The average Bonchev–Trinajstić information content (AvgIpc) is 3.09. The molecular weight excluding hydrogens is 392 g/mol. The van der Waals surface area contributed by atoms with Crippen LogP contribution in [0.15, 0.2) is 70.3 Å². The van der Waals surface area contributed by atoms with Gasteiger partial charge in [-0.25, -0.2) is 15.0 Å². The molecule has 1 aromatic heterocycles. The van der Waals surface area contributed by atoms with E-state index in [1.807, 2.05) is 66.5 Å². The molecule has 0 fully saturated rings. The van der Waals surface area contributed by atoms with E-state index in [0.29, 0.717) is 12.6 Å². The Morgan fingerprint density at radius 1 is 1.12 bits per heavy atom. The summed E-state index contributed by atoms with van der Waals surface area (Å²) in [5.74, 6) is 1.48. The van der Waals surface area contributed by atoms with Gasteiger partial charge in [0.25, 0.3) is 0 Å². The Morgan fingerprint density at radius 3 is 2.69 bits per heavy atom. The van der Waals surface area contributed by atoms with E-state index in [1.165, 1.54) is 0 Å². The predicted octanol–water partition coefficient (Wildman–Crippen LogP) is 4.35. The molecule has 2 heterocycles. The van der Waals surface area contributed by atoms with Crippen LogP contribution in [0.25, 0.3) is 11.3 Å². The number of hydrazine groups is 1. The number of halogens is 1. The summed E-state index contributed by atoms with van der Waals surface area (Å²) in [4.78, 5) is 13.2. The van der Waals surface area contributed by atoms with Gasteiger partial charge in [0, 0.05) is 21.9 Å². The number of amidine groups is 1. The fraction of sp³-hybridized carbons (Fsp3) is 0.105. The number of nitrogens with zero attached hydrogens (tertiary/aromatic N) is 4. The van der Waals surface area contributed by atoms with Gasteiger partial charge in [-0.05, 0) is 49.4 Å². The van der Waals surface area contributed by atoms with E-state index in [2.05, 4.69) is 41.6 Å². The molecule has 7 heteroatoms. The third-order valence-corrected chi connectivity index (χ3v) is 4.45. The minimum Gasteiger partial charge on any atom is -0.324 e. The van der Waals surface area contributed by atoms with E-state index in [0.717, 1.165) is 32.9 Å². The number of rotatable bonds is 4. The van der Waals surface area contributed by atoms with E-state index in [1.54, 1.807) is 6.20 Å². The Morgan fingerprint density at radius 2 is 1.96 bits per heavy atom. The van der Waals surface area contributed by atoms with Crippen molar-refractivity contribution in [2.45, 2.75) is 6.92 Å². The number of benzene rings is 2. The van der Waals surface area contributed by atoms with Crippen molar-refractivity contribution >= 4 is 39.1 Å². The molecule has 6 nitrogen and oxygen atoms in total. The van der Waals surface area contributed by atoms with Crippen molar-refractivity contribution in [2.24, 2.45) is 4.99 Å². The van der Waals surface area contributed by atoms with Crippen LogP contribution < -0.4 is 15.8 Å². The summed E-state index contributed by atoms with van der Waals surface area (Å²) in [7, 11) is 0. The second-order valence-corrected chi connectivity index (χ2v) is 6.79. The molecule has 1 aliphatic rings. The number of nitrogens with one attached hydrogen (secondary N) is 2. The highest BCUT2D eigenvalue weighted by Crippen LogP contribution is 2.23. The molecule has 0 aliphatic carbocycles. The van der Waals surface area contributed by atoms with Crippen LogP contribution in [0.5, 0.6) is 0 Å². The van der Waals surface area contributed by atoms with Gasteiger partial charge in [0.1, 0.15) is 12.5 Å².